The van der Waals surface area contributed by atoms with Gasteiger partial charge >= 0.3 is 0 Å². The van der Waals surface area contributed by atoms with Crippen LogP contribution >= 0.6 is 0 Å². The summed E-state index contributed by atoms with van der Waals surface area (Å²) in [6.45, 7) is 23.6. The van der Waals surface area contributed by atoms with E-state index in [0.717, 1.165) is 46.1 Å². The van der Waals surface area contributed by atoms with Crippen LogP contribution in [0.25, 0.3) is 54.9 Å². The fraction of sp³-hybridized carbons (Fsp3) is 0.173. The van der Waals surface area contributed by atoms with Crippen LogP contribution in [-0.4, -0.2) is 0 Å². The second kappa shape index (κ2) is 16.8. The van der Waals surface area contributed by atoms with Crippen molar-refractivity contribution in [1.29, 1.82) is 0 Å². The van der Waals surface area contributed by atoms with Gasteiger partial charge in [-0.2, -0.15) is 0 Å². The lowest BCUT2D eigenvalue weighted by molar-refractivity contribution is 0.635. The summed E-state index contributed by atoms with van der Waals surface area (Å²) in [5, 5.41) is 4.70. The predicted octanol–water partition coefficient (Wildman–Crippen LogP) is 20.4. The maximum atomic E-state index is 4.67. The van der Waals surface area contributed by atoms with E-state index in [-0.39, 0.29) is 21.7 Å². The zero-order valence-electron chi connectivity index (χ0n) is 45.6. The largest absolute Gasteiger partial charge is 0.309 e. The Balaban J connectivity index is 1.06. The van der Waals surface area contributed by atoms with Crippen LogP contribution < -0.4 is 9.80 Å². The Kier molecular flexibility index (Phi) is 10.2. The molecule has 0 aromatic heterocycles. The van der Waals surface area contributed by atoms with Crippen molar-refractivity contribution in [3.05, 3.63) is 275 Å². The lowest BCUT2D eigenvalue weighted by atomic mass is 9.75. The molecule has 0 bridgehead atoms. The summed E-state index contributed by atoms with van der Waals surface area (Å²) in [5.74, 6) is 0. The maximum Gasteiger partial charge on any atom is 0.0619 e. The van der Waals surface area contributed by atoms with E-state index in [1.165, 1.54) is 99.4 Å². The van der Waals surface area contributed by atoms with Gasteiger partial charge in [0, 0.05) is 66.0 Å². The van der Waals surface area contributed by atoms with Crippen LogP contribution in [0.3, 0.4) is 0 Å². The summed E-state index contributed by atoms with van der Waals surface area (Å²) in [4.78, 5) is 5.17. The Morgan fingerprint density at radius 2 is 0.688 bits per heavy atom. The molecule has 77 heavy (non-hydrogen) atoms. The molecule has 0 spiro atoms. The molecule has 0 saturated heterocycles. The minimum Gasteiger partial charge on any atom is -0.309 e. The van der Waals surface area contributed by atoms with Gasteiger partial charge in [0.15, 0.2) is 0 Å². The first-order valence-corrected chi connectivity index (χ1v) is 27.6. The van der Waals surface area contributed by atoms with Crippen LogP contribution in [0.5, 0.6) is 0 Å². The molecule has 0 N–H and O–H groups in total. The number of allylic oxidation sites excluding steroid dienone is 5. The number of nitrogens with zero attached hydrogens (tertiary/aromatic N) is 2. The van der Waals surface area contributed by atoms with Crippen molar-refractivity contribution in [3.8, 4) is 33.4 Å². The van der Waals surface area contributed by atoms with Gasteiger partial charge < -0.3 is 9.80 Å². The quantitative estimate of drug-likeness (QED) is 0.121. The monoisotopic (exact) mass is 993 g/mol. The molecule has 4 aliphatic rings. The fourth-order valence-corrected chi connectivity index (χ4v) is 14.2. The number of hydrogen-bond acceptors (Lipinski definition) is 2. The predicted molar refractivity (Wildman–Crippen MR) is 328 cm³/mol. The van der Waals surface area contributed by atoms with Crippen molar-refractivity contribution in [1.82, 2.24) is 0 Å². The summed E-state index contributed by atoms with van der Waals surface area (Å²) in [6.07, 6.45) is 9.60. The average molecular weight is 993 g/mol. The summed E-state index contributed by atoms with van der Waals surface area (Å²) >= 11 is 0. The van der Waals surface area contributed by atoms with Crippen LogP contribution in [0.1, 0.15) is 99.9 Å². The van der Waals surface area contributed by atoms with Gasteiger partial charge in [0.1, 0.15) is 0 Å². The lowest BCUT2D eigenvalue weighted by Crippen LogP contribution is -2.22. The molecule has 0 saturated carbocycles. The minimum absolute atomic E-state index is 0.122. The zero-order valence-corrected chi connectivity index (χ0v) is 45.6. The topological polar surface area (TPSA) is 6.48 Å². The average Bonchev–Trinajstić information content (AvgIpc) is 3.99. The summed E-state index contributed by atoms with van der Waals surface area (Å²) < 4.78 is 0. The molecule has 0 radical (unpaired) electrons. The van der Waals surface area contributed by atoms with Crippen molar-refractivity contribution in [2.24, 2.45) is 0 Å². The molecule has 0 amide bonds. The molecule has 2 nitrogen and oxygen atoms in total. The van der Waals surface area contributed by atoms with Gasteiger partial charge in [-0.25, -0.2) is 0 Å². The number of fused-ring (bicyclic) bond motifs is 12. The third kappa shape index (κ3) is 6.80. The van der Waals surface area contributed by atoms with Crippen molar-refractivity contribution < 1.29 is 0 Å². The summed E-state index contributed by atoms with van der Waals surface area (Å²) in [6, 6.07) is 74.3. The molecule has 10 aromatic carbocycles. The number of anilines is 6. The van der Waals surface area contributed by atoms with E-state index in [1.54, 1.807) is 0 Å². The summed E-state index contributed by atoms with van der Waals surface area (Å²) in [7, 11) is 0. The van der Waals surface area contributed by atoms with Crippen LogP contribution in [0.4, 0.5) is 34.1 Å². The highest BCUT2D eigenvalue weighted by atomic mass is 15.2. The van der Waals surface area contributed by atoms with Crippen LogP contribution in [0.15, 0.2) is 231 Å². The molecule has 0 aliphatic heterocycles. The number of hydrogen-bond donors (Lipinski definition) is 0. The van der Waals surface area contributed by atoms with Crippen molar-refractivity contribution in [2.45, 2.75) is 83.5 Å². The van der Waals surface area contributed by atoms with E-state index in [0.29, 0.717) is 0 Å². The Labute approximate surface area is 455 Å². The van der Waals surface area contributed by atoms with Gasteiger partial charge in [-0.3, -0.25) is 0 Å². The Morgan fingerprint density at radius 1 is 0.325 bits per heavy atom. The van der Waals surface area contributed by atoms with Gasteiger partial charge in [-0.05, 0) is 138 Å². The van der Waals surface area contributed by atoms with Gasteiger partial charge in [0.25, 0.3) is 0 Å². The Bertz CT molecular complexity index is 4170. The molecule has 2 heteroatoms. The molecule has 374 valence electrons. The normalized spacial score (nSPS) is 17.2. The van der Waals surface area contributed by atoms with E-state index in [2.05, 4.69) is 290 Å². The standard InChI is InChI=1S/C75H64N2/c1-47-23-11-10-12-24-48-35-36-50(44-67(48)72(47,2)3)77(52-38-41-57-54-26-18-21-33-64(54)75(8,9)69(57)46-52)71-60-30-15-13-28-58(60)70(59-29-14-16-31-61(59)71)76(49-39-42-66-62(43-49)55-27-19-22-34-65(55)73(66,4)5)51-37-40-56-53-25-17-20-32-63(53)74(6,7)68(56)45-51/h10-23,25-46H,1,24H2,2-9H3/b12-10-,23-11-. The van der Waals surface area contributed by atoms with Crippen LogP contribution in [0, 0.1) is 0 Å². The van der Waals surface area contributed by atoms with Gasteiger partial charge in [0.2, 0.25) is 0 Å². The zero-order chi connectivity index (χ0) is 52.8. The molecular weight excluding hydrogens is 929 g/mol. The first-order chi connectivity index (χ1) is 37.2. The highest BCUT2D eigenvalue weighted by Gasteiger charge is 2.40. The van der Waals surface area contributed by atoms with E-state index in [9.17, 15) is 0 Å². The maximum absolute atomic E-state index is 4.67. The van der Waals surface area contributed by atoms with E-state index in [4.69, 9.17) is 0 Å². The van der Waals surface area contributed by atoms with E-state index >= 15 is 0 Å². The fourth-order valence-electron chi connectivity index (χ4n) is 14.2. The number of benzene rings is 10. The SMILES string of the molecule is C=C1/C=C\C=C/Cc2ccc(N(c3ccc4c(c3)C(C)(C)c3ccccc3-4)c3c4ccccc4c(N(c4ccc5c(c4)-c4ccccc4C5(C)C)c4ccc5c(c4)C(C)(C)c4ccccc4-5)c4ccccc34)cc2C1(C)C. The highest BCUT2D eigenvalue weighted by molar-refractivity contribution is 6.23. The summed E-state index contributed by atoms with van der Waals surface area (Å²) in [5.41, 5.74) is 25.7. The van der Waals surface area contributed by atoms with Crippen molar-refractivity contribution in [3.63, 3.8) is 0 Å². The van der Waals surface area contributed by atoms with Gasteiger partial charge in [-0.1, -0.05) is 232 Å². The highest BCUT2D eigenvalue weighted by Crippen LogP contribution is 2.58. The first kappa shape index (κ1) is 47.0. The Morgan fingerprint density at radius 3 is 1.18 bits per heavy atom. The Hall–Kier alpha value is -8.46. The lowest BCUT2D eigenvalue weighted by Gasteiger charge is -2.35. The smallest absolute Gasteiger partial charge is 0.0619 e. The van der Waals surface area contributed by atoms with Crippen LogP contribution in [-0.2, 0) is 28.1 Å². The van der Waals surface area contributed by atoms with Crippen LogP contribution in [0.2, 0.25) is 0 Å². The second-order valence-electron chi connectivity index (χ2n) is 24.1. The van der Waals surface area contributed by atoms with Gasteiger partial charge in [0.05, 0.1) is 11.4 Å². The number of rotatable bonds is 6. The molecule has 0 atom stereocenters. The molecule has 4 aliphatic carbocycles. The third-order valence-corrected chi connectivity index (χ3v) is 18.5. The van der Waals surface area contributed by atoms with Gasteiger partial charge in [-0.15, -0.1) is 0 Å². The van der Waals surface area contributed by atoms with E-state index < -0.39 is 0 Å². The molecule has 0 fully saturated rings. The minimum atomic E-state index is -0.326. The third-order valence-electron chi connectivity index (χ3n) is 18.5. The molecule has 14 rings (SSSR count). The molecule has 0 unspecified atom stereocenters. The molecule has 0 heterocycles. The second-order valence-corrected chi connectivity index (χ2v) is 24.1. The van der Waals surface area contributed by atoms with Crippen molar-refractivity contribution in [2.75, 3.05) is 9.80 Å². The van der Waals surface area contributed by atoms with Crippen molar-refractivity contribution >= 4 is 55.7 Å². The molecule has 10 aromatic rings. The van der Waals surface area contributed by atoms with E-state index in [1.807, 2.05) is 0 Å². The first-order valence-electron chi connectivity index (χ1n) is 27.6. The molecular formula is C75H64N2.